The Kier molecular flexibility index (Phi) is 12.1. The highest BCUT2D eigenvalue weighted by Gasteiger charge is 2.24. The highest BCUT2D eigenvalue weighted by molar-refractivity contribution is 14.0. The van der Waals surface area contributed by atoms with Gasteiger partial charge in [0.15, 0.2) is 5.96 Å². The minimum absolute atomic E-state index is 0. The van der Waals surface area contributed by atoms with Gasteiger partial charge in [-0.2, -0.15) is 0 Å². The van der Waals surface area contributed by atoms with Crippen LogP contribution in [0.4, 0.5) is 0 Å². The second kappa shape index (κ2) is 14.8. The molecule has 2 aromatic rings. The summed E-state index contributed by atoms with van der Waals surface area (Å²) < 4.78 is 5.94. The van der Waals surface area contributed by atoms with Crippen molar-refractivity contribution in [1.29, 1.82) is 0 Å². The number of hydrogen-bond donors (Lipinski definition) is 2. The van der Waals surface area contributed by atoms with Crippen LogP contribution in [0, 0.1) is 5.92 Å². The molecule has 174 valence electrons. The number of carbonyl (C=O) groups is 1. The molecule has 1 aliphatic heterocycles. The molecule has 1 saturated heterocycles. The Morgan fingerprint density at radius 1 is 1.09 bits per heavy atom. The van der Waals surface area contributed by atoms with Crippen LogP contribution in [0.15, 0.2) is 65.7 Å². The number of aliphatic imine (C=N–C) groups is 1. The Bertz CT molecular complexity index is 817. The van der Waals surface area contributed by atoms with Crippen LogP contribution in [-0.2, 0) is 11.3 Å². The molecule has 6 nitrogen and oxygen atoms in total. The molecular weight excluding hydrogens is 515 g/mol. The van der Waals surface area contributed by atoms with Crippen LogP contribution in [0.2, 0.25) is 0 Å². The Balaban J connectivity index is 0.00000363. The van der Waals surface area contributed by atoms with Crippen molar-refractivity contribution in [3.8, 4) is 0 Å². The van der Waals surface area contributed by atoms with E-state index in [9.17, 15) is 4.79 Å². The molecule has 1 amide bonds. The van der Waals surface area contributed by atoms with Gasteiger partial charge in [-0.25, -0.2) is 0 Å². The molecule has 2 aromatic carbocycles. The topological polar surface area (TPSA) is 66.0 Å². The SMILES string of the molecule is CCNC(=NCCCNC(=O)c1ccccc1)N1CCC(COCc2ccccc2)C1.I. The molecule has 0 bridgehead atoms. The summed E-state index contributed by atoms with van der Waals surface area (Å²) in [6.07, 6.45) is 1.93. The van der Waals surface area contributed by atoms with Crippen LogP contribution < -0.4 is 10.6 Å². The van der Waals surface area contributed by atoms with Crippen LogP contribution in [0.3, 0.4) is 0 Å². The Hall–Kier alpha value is -2.13. The van der Waals surface area contributed by atoms with Crippen molar-refractivity contribution < 1.29 is 9.53 Å². The standard InChI is InChI=1S/C25H34N4O2.HI/c1-2-26-25(28-16-9-15-27-24(30)23-12-7-4-8-13-23)29-17-14-22(18-29)20-31-19-21-10-5-3-6-11-21;/h3-8,10-13,22H,2,9,14-20H2,1H3,(H,26,28)(H,27,30);1H. The van der Waals surface area contributed by atoms with Crippen molar-refractivity contribution in [3.05, 3.63) is 71.8 Å². The zero-order valence-corrected chi connectivity index (χ0v) is 21.2. The van der Waals surface area contributed by atoms with Crippen molar-refractivity contribution in [2.24, 2.45) is 10.9 Å². The Morgan fingerprint density at radius 3 is 2.53 bits per heavy atom. The number of rotatable bonds is 10. The maximum Gasteiger partial charge on any atom is 0.251 e. The van der Waals surface area contributed by atoms with Crippen LogP contribution in [0.1, 0.15) is 35.7 Å². The van der Waals surface area contributed by atoms with Gasteiger partial charge in [0.05, 0.1) is 13.2 Å². The van der Waals surface area contributed by atoms with Gasteiger partial charge in [-0.15, -0.1) is 24.0 Å². The molecular formula is C25H35IN4O2. The first-order valence-corrected chi connectivity index (χ1v) is 11.2. The lowest BCUT2D eigenvalue weighted by Crippen LogP contribution is -2.40. The van der Waals surface area contributed by atoms with Gasteiger partial charge in [0.1, 0.15) is 0 Å². The molecule has 0 aliphatic carbocycles. The molecule has 32 heavy (non-hydrogen) atoms. The zero-order valence-electron chi connectivity index (χ0n) is 18.8. The third-order valence-corrected chi connectivity index (χ3v) is 5.30. The second-order valence-electron chi connectivity index (χ2n) is 7.81. The van der Waals surface area contributed by atoms with E-state index in [1.807, 2.05) is 48.5 Å². The third kappa shape index (κ3) is 8.78. The first kappa shape index (κ1) is 26.1. The van der Waals surface area contributed by atoms with Crippen LogP contribution in [-0.4, -0.2) is 56.1 Å². The fourth-order valence-corrected chi connectivity index (χ4v) is 3.66. The number of nitrogens with one attached hydrogen (secondary N) is 2. The van der Waals surface area contributed by atoms with Crippen molar-refractivity contribution in [1.82, 2.24) is 15.5 Å². The van der Waals surface area contributed by atoms with Gasteiger partial charge >= 0.3 is 0 Å². The average molecular weight is 550 g/mol. The number of halogens is 1. The molecule has 0 aromatic heterocycles. The number of benzene rings is 2. The quantitative estimate of drug-likeness (QED) is 0.204. The summed E-state index contributed by atoms with van der Waals surface area (Å²) >= 11 is 0. The normalized spacial score (nSPS) is 15.8. The lowest BCUT2D eigenvalue weighted by molar-refractivity contribution is 0.0906. The highest BCUT2D eigenvalue weighted by atomic mass is 127. The molecule has 3 rings (SSSR count). The van der Waals surface area contributed by atoms with Crippen molar-refractivity contribution in [2.75, 3.05) is 39.3 Å². The van der Waals surface area contributed by atoms with Crippen LogP contribution in [0.5, 0.6) is 0 Å². The number of carbonyl (C=O) groups excluding carboxylic acids is 1. The summed E-state index contributed by atoms with van der Waals surface area (Å²) in [5.74, 6) is 1.45. The van der Waals surface area contributed by atoms with Gasteiger partial charge in [-0.1, -0.05) is 48.5 Å². The van der Waals surface area contributed by atoms with Gasteiger partial charge in [0.2, 0.25) is 0 Å². The van der Waals surface area contributed by atoms with E-state index in [-0.39, 0.29) is 29.9 Å². The van der Waals surface area contributed by atoms with Crippen LogP contribution >= 0.6 is 24.0 Å². The fourth-order valence-electron chi connectivity index (χ4n) is 3.66. The lowest BCUT2D eigenvalue weighted by Gasteiger charge is -2.21. The third-order valence-electron chi connectivity index (χ3n) is 5.30. The van der Waals surface area contributed by atoms with Crippen LogP contribution in [0.25, 0.3) is 0 Å². The van der Waals surface area contributed by atoms with Gasteiger partial charge in [0.25, 0.3) is 5.91 Å². The molecule has 0 saturated carbocycles. The maximum absolute atomic E-state index is 12.1. The molecule has 2 N–H and O–H groups in total. The minimum atomic E-state index is -0.0330. The number of nitrogens with zero attached hydrogens (tertiary/aromatic N) is 2. The monoisotopic (exact) mass is 550 g/mol. The summed E-state index contributed by atoms with van der Waals surface area (Å²) in [6, 6.07) is 19.6. The van der Waals surface area contributed by atoms with Crippen molar-refractivity contribution >= 4 is 35.8 Å². The molecule has 1 unspecified atom stereocenters. The molecule has 1 fully saturated rings. The zero-order chi connectivity index (χ0) is 21.7. The molecule has 7 heteroatoms. The summed E-state index contributed by atoms with van der Waals surface area (Å²) in [5, 5.41) is 6.36. The average Bonchev–Trinajstić information content (AvgIpc) is 3.28. The first-order valence-electron chi connectivity index (χ1n) is 11.2. The predicted octanol–water partition coefficient (Wildman–Crippen LogP) is 3.93. The number of hydrogen-bond acceptors (Lipinski definition) is 3. The smallest absolute Gasteiger partial charge is 0.251 e. The highest BCUT2D eigenvalue weighted by Crippen LogP contribution is 2.17. The maximum atomic E-state index is 12.1. The van der Waals surface area contributed by atoms with E-state index in [4.69, 9.17) is 9.73 Å². The van der Waals surface area contributed by atoms with Gasteiger partial charge in [-0.3, -0.25) is 9.79 Å². The van der Waals surface area contributed by atoms with E-state index in [0.717, 1.165) is 45.0 Å². The van der Waals surface area contributed by atoms with E-state index in [1.165, 1.54) is 5.56 Å². The van der Waals surface area contributed by atoms with E-state index < -0.39 is 0 Å². The summed E-state index contributed by atoms with van der Waals surface area (Å²) in [5.41, 5.74) is 1.91. The molecule has 0 spiro atoms. The molecule has 0 radical (unpaired) electrons. The minimum Gasteiger partial charge on any atom is -0.376 e. The Morgan fingerprint density at radius 2 is 1.81 bits per heavy atom. The van der Waals surface area contributed by atoms with Gasteiger partial charge in [-0.05, 0) is 37.5 Å². The second-order valence-corrected chi connectivity index (χ2v) is 7.81. The summed E-state index contributed by atoms with van der Waals surface area (Å²) in [7, 11) is 0. The Labute approximate surface area is 208 Å². The lowest BCUT2D eigenvalue weighted by atomic mass is 10.1. The number of ether oxygens (including phenoxy) is 1. The first-order chi connectivity index (χ1) is 15.3. The van der Waals surface area contributed by atoms with Gasteiger partial charge < -0.3 is 20.3 Å². The van der Waals surface area contributed by atoms with E-state index in [0.29, 0.717) is 31.2 Å². The van der Waals surface area contributed by atoms with E-state index in [2.05, 4.69) is 34.6 Å². The predicted molar refractivity (Wildman–Crippen MR) is 141 cm³/mol. The summed E-state index contributed by atoms with van der Waals surface area (Å²) in [4.78, 5) is 19.2. The molecule has 1 heterocycles. The van der Waals surface area contributed by atoms with Gasteiger partial charge in [0, 0.05) is 44.2 Å². The largest absolute Gasteiger partial charge is 0.376 e. The van der Waals surface area contributed by atoms with E-state index >= 15 is 0 Å². The number of amides is 1. The van der Waals surface area contributed by atoms with Crippen molar-refractivity contribution in [2.45, 2.75) is 26.4 Å². The molecule has 1 aliphatic rings. The van der Waals surface area contributed by atoms with E-state index in [1.54, 1.807) is 0 Å². The molecule has 1 atom stereocenters. The fraction of sp³-hybridized carbons (Fsp3) is 0.440. The number of guanidine groups is 1. The van der Waals surface area contributed by atoms with Crippen molar-refractivity contribution in [3.63, 3.8) is 0 Å². The summed E-state index contributed by atoms with van der Waals surface area (Å²) in [6.45, 7) is 7.63. The number of likely N-dealkylation sites (tertiary alicyclic amines) is 1.